The molecule has 1 nitrogen and oxygen atoms in total. The number of halogens is 1. The summed E-state index contributed by atoms with van der Waals surface area (Å²) in [5, 5.41) is 3.81. The maximum Gasteiger partial charge on any atom is 0.123 e. The quantitative estimate of drug-likeness (QED) is 0.720. The van der Waals surface area contributed by atoms with Crippen molar-refractivity contribution in [3.8, 4) is 0 Å². The van der Waals surface area contributed by atoms with E-state index in [1.54, 1.807) is 12.1 Å². The summed E-state index contributed by atoms with van der Waals surface area (Å²) < 4.78 is 13.1. The number of rotatable bonds is 7. The molecular weight excluding hydrogens is 249 g/mol. The lowest BCUT2D eigenvalue weighted by atomic mass is 9.95. The minimum Gasteiger partial charge on any atom is -0.307 e. The maximum absolute atomic E-state index is 13.1. The zero-order valence-electron chi connectivity index (χ0n) is 12.9. The van der Waals surface area contributed by atoms with Crippen LogP contribution in [-0.4, -0.2) is 6.04 Å². The molecule has 0 bridgehead atoms. The van der Waals surface area contributed by atoms with Crippen LogP contribution in [0, 0.1) is 11.7 Å². The highest BCUT2D eigenvalue weighted by atomic mass is 19.1. The molecule has 2 rings (SSSR count). The Hall–Kier alpha value is -0.890. The molecule has 1 unspecified atom stereocenters. The number of unbranched alkanes of at least 4 members (excludes halogenated alkanes) is 1. The molecule has 1 aromatic carbocycles. The van der Waals surface area contributed by atoms with E-state index in [0.29, 0.717) is 12.1 Å². The van der Waals surface area contributed by atoms with Gasteiger partial charge in [-0.15, -0.1) is 0 Å². The minimum absolute atomic E-state index is 0.146. The van der Waals surface area contributed by atoms with Crippen LogP contribution in [0.25, 0.3) is 0 Å². The average molecular weight is 277 g/mol. The molecule has 112 valence electrons. The van der Waals surface area contributed by atoms with Gasteiger partial charge >= 0.3 is 0 Å². The Balaban J connectivity index is 2.00. The molecule has 2 atom stereocenters. The van der Waals surface area contributed by atoms with Gasteiger partial charge in [-0.2, -0.15) is 0 Å². The smallest absolute Gasteiger partial charge is 0.123 e. The van der Waals surface area contributed by atoms with E-state index in [2.05, 4.69) is 19.2 Å². The number of hydrogen-bond acceptors (Lipinski definition) is 1. The van der Waals surface area contributed by atoms with Crippen LogP contribution in [0.5, 0.6) is 0 Å². The third-order valence-electron chi connectivity index (χ3n) is 4.69. The van der Waals surface area contributed by atoms with E-state index in [1.807, 2.05) is 12.1 Å². The molecular formula is C18H28FN. The van der Waals surface area contributed by atoms with E-state index in [9.17, 15) is 4.39 Å². The number of nitrogens with one attached hydrogen (secondary N) is 1. The molecule has 0 heterocycles. The second-order valence-electron chi connectivity index (χ2n) is 6.25. The molecule has 1 N–H and O–H groups in total. The van der Waals surface area contributed by atoms with Crippen LogP contribution in [0.2, 0.25) is 0 Å². The van der Waals surface area contributed by atoms with Gasteiger partial charge in [0.25, 0.3) is 0 Å². The van der Waals surface area contributed by atoms with Crippen LogP contribution in [0.1, 0.15) is 70.4 Å². The molecule has 1 fully saturated rings. The fourth-order valence-electron chi connectivity index (χ4n) is 3.36. The van der Waals surface area contributed by atoms with Gasteiger partial charge in [0.1, 0.15) is 5.82 Å². The van der Waals surface area contributed by atoms with Gasteiger partial charge in [-0.3, -0.25) is 0 Å². The van der Waals surface area contributed by atoms with E-state index < -0.39 is 0 Å². The minimum atomic E-state index is -0.146. The molecule has 1 aliphatic carbocycles. The van der Waals surface area contributed by atoms with Crippen LogP contribution >= 0.6 is 0 Å². The van der Waals surface area contributed by atoms with Crippen LogP contribution in [0.15, 0.2) is 24.3 Å². The highest BCUT2D eigenvalue weighted by molar-refractivity contribution is 5.20. The third-order valence-corrected chi connectivity index (χ3v) is 4.69. The van der Waals surface area contributed by atoms with Crippen LogP contribution in [0.4, 0.5) is 4.39 Å². The summed E-state index contributed by atoms with van der Waals surface area (Å²) in [5.74, 6) is 0.673. The van der Waals surface area contributed by atoms with Gasteiger partial charge in [0.15, 0.2) is 0 Å². The highest BCUT2D eigenvalue weighted by Gasteiger charge is 2.24. The van der Waals surface area contributed by atoms with Gasteiger partial charge in [0, 0.05) is 12.1 Å². The van der Waals surface area contributed by atoms with E-state index >= 15 is 0 Å². The van der Waals surface area contributed by atoms with Gasteiger partial charge in [-0.05, 0) is 49.8 Å². The Morgan fingerprint density at radius 3 is 2.45 bits per heavy atom. The molecule has 0 amide bonds. The Morgan fingerprint density at radius 2 is 1.85 bits per heavy atom. The lowest BCUT2D eigenvalue weighted by Crippen LogP contribution is -2.35. The van der Waals surface area contributed by atoms with Crippen molar-refractivity contribution in [3.63, 3.8) is 0 Å². The van der Waals surface area contributed by atoms with E-state index in [4.69, 9.17) is 0 Å². The van der Waals surface area contributed by atoms with Gasteiger partial charge in [0.05, 0.1) is 0 Å². The van der Waals surface area contributed by atoms with Crippen molar-refractivity contribution in [2.75, 3.05) is 0 Å². The first-order valence-electron chi connectivity index (χ1n) is 8.22. The Morgan fingerprint density at radius 1 is 1.20 bits per heavy atom. The first kappa shape index (κ1) is 15.5. The van der Waals surface area contributed by atoms with Crippen molar-refractivity contribution in [2.24, 2.45) is 5.92 Å². The maximum atomic E-state index is 13.1. The second-order valence-corrected chi connectivity index (χ2v) is 6.25. The molecule has 1 aliphatic rings. The molecule has 2 heteroatoms. The van der Waals surface area contributed by atoms with Gasteiger partial charge < -0.3 is 5.32 Å². The Kier molecular flexibility index (Phi) is 6.03. The highest BCUT2D eigenvalue weighted by Crippen LogP contribution is 2.30. The molecule has 1 saturated carbocycles. The summed E-state index contributed by atoms with van der Waals surface area (Å²) in [6.07, 6.45) is 9.04. The predicted octanol–water partition coefficient (Wildman–Crippen LogP) is 5.23. The van der Waals surface area contributed by atoms with Crippen molar-refractivity contribution in [2.45, 2.75) is 70.9 Å². The molecule has 0 saturated heterocycles. The summed E-state index contributed by atoms with van der Waals surface area (Å²) >= 11 is 0. The van der Waals surface area contributed by atoms with Crippen LogP contribution < -0.4 is 5.32 Å². The monoisotopic (exact) mass is 277 g/mol. The van der Waals surface area contributed by atoms with E-state index in [-0.39, 0.29) is 5.82 Å². The first-order valence-corrected chi connectivity index (χ1v) is 8.22. The second kappa shape index (κ2) is 7.78. The number of hydrogen-bond donors (Lipinski definition) is 1. The molecule has 0 radical (unpaired) electrons. The summed E-state index contributed by atoms with van der Waals surface area (Å²) in [5.41, 5.74) is 1.23. The molecule has 1 aromatic rings. The zero-order valence-corrected chi connectivity index (χ0v) is 12.9. The standard InChI is InChI=1S/C18H28FN/c1-3-4-9-18(16-10-12-17(19)13-11-16)20-14(2)15-7-5-6-8-15/h10-15,18,20H,3-9H2,1-2H3/t14-,18?/m1/s1. The molecule has 20 heavy (non-hydrogen) atoms. The fourth-order valence-corrected chi connectivity index (χ4v) is 3.36. The fraction of sp³-hybridized carbons (Fsp3) is 0.667. The zero-order chi connectivity index (χ0) is 14.4. The average Bonchev–Trinajstić information content (AvgIpc) is 2.98. The number of benzene rings is 1. The third kappa shape index (κ3) is 4.31. The lowest BCUT2D eigenvalue weighted by Gasteiger charge is -2.27. The van der Waals surface area contributed by atoms with Crippen molar-refractivity contribution < 1.29 is 4.39 Å². The molecule has 0 spiro atoms. The van der Waals surface area contributed by atoms with Crippen molar-refractivity contribution in [1.82, 2.24) is 5.32 Å². The lowest BCUT2D eigenvalue weighted by molar-refractivity contribution is 0.331. The summed E-state index contributed by atoms with van der Waals surface area (Å²) in [4.78, 5) is 0. The largest absolute Gasteiger partial charge is 0.307 e. The van der Waals surface area contributed by atoms with E-state index in [0.717, 1.165) is 12.3 Å². The topological polar surface area (TPSA) is 12.0 Å². The molecule has 0 aromatic heterocycles. The first-order chi connectivity index (χ1) is 9.70. The SMILES string of the molecule is CCCCC(N[C@H](C)C1CCCC1)c1ccc(F)cc1. The van der Waals surface area contributed by atoms with Crippen molar-refractivity contribution in [3.05, 3.63) is 35.6 Å². The van der Waals surface area contributed by atoms with E-state index in [1.165, 1.54) is 44.1 Å². The Labute approximate surface area is 123 Å². The van der Waals surface area contributed by atoms with Gasteiger partial charge in [-0.1, -0.05) is 44.7 Å². The summed E-state index contributed by atoms with van der Waals surface area (Å²) in [7, 11) is 0. The van der Waals surface area contributed by atoms with Crippen molar-refractivity contribution in [1.29, 1.82) is 0 Å². The normalized spacial score (nSPS) is 19.1. The van der Waals surface area contributed by atoms with Gasteiger partial charge in [-0.25, -0.2) is 4.39 Å². The van der Waals surface area contributed by atoms with Gasteiger partial charge in [0.2, 0.25) is 0 Å². The summed E-state index contributed by atoms with van der Waals surface area (Å²) in [6.45, 7) is 4.54. The van der Waals surface area contributed by atoms with Crippen LogP contribution in [0.3, 0.4) is 0 Å². The predicted molar refractivity (Wildman–Crippen MR) is 83.2 cm³/mol. The van der Waals surface area contributed by atoms with Crippen molar-refractivity contribution >= 4 is 0 Å². The van der Waals surface area contributed by atoms with Crippen LogP contribution in [-0.2, 0) is 0 Å². The summed E-state index contributed by atoms with van der Waals surface area (Å²) in [6, 6.07) is 7.95. The Bertz CT molecular complexity index is 381. The molecule has 0 aliphatic heterocycles.